The van der Waals surface area contributed by atoms with E-state index in [4.69, 9.17) is 0 Å². The molecule has 0 N–H and O–H groups in total. The summed E-state index contributed by atoms with van der Waals surface area (Å²) in [6, 6.07) is 0. The minimum absolute atomic E-state index is 0.322. The molecule has 0 aromatic carbocycles. The highest BCUT2D eigenvalue weighted by atomic mass is 19.4. The van der Waals surface area contributed by atoms with Crippen molar-refractivity contribution < 1.29 is 93.9 Å². The second-order valence-corrected chi connectivity index (χ2v) is 6.98. The number of hydrogen-bond donors (Lipinski definition) is 0. The molecule has 0 fully saturated rings. The van der Waals surface area contributed by atoms with E-state index in [0.29, 0.717) is 6.08 Å². The second-order valence-electron chi connectivity index (χ2n) is 6.98. The molecule has 224 valence electrons. The minimum atomic E-state index is -8.73. The first kappa shape index (κ1) is 35.7. The van der Waals surface area contributed by atoms with Crippen molar-refractivity contribution in [3.8, 4) is 0 Å². The molecule has 21 heteroatoms. The number of alkyl halides is 17. The summed E-state index contributed by atoms with van der Waals surface area (Å²) in [4.78, 5) is 19.0. The number of ether oxygens (including phenoxy) is 1. The lowest BCUT2D eigenvalue weighted by atomic mass is 9.88. The molecule has 0 bridgehead atoms. The van der Waals surface area contributed by atoms with Crippen molar-refractivity contribution >= 4 is 5.97 Å². The van der Waals surface area contributed by atoms with Crippen molar-refractivity contribution in [1.82, 2.24) is 0 Å². The normalized spacial score (nSPS) is 15.7. The zero-order valence-corrected chi connectivity index (χ0v) is 17.8. The number of halogens is 17. The molecule has 4 nitrogen and oxygen atoms in total. The van der Waals surface area contributed by atoms with Gasteiger partial charge in [0, 0.05) is 6.08 Å². The van der Waals surface area contributed by atoms with Gasteiger partial charge in [-0.15, -0.1) is 6.58 Å². The van der Waals surface area contributed by atoms with Crippen LogP contribution in [0.3, 0.4) is 0 Å². The Morgan fingerprint density at radius 1 is 0.658 bits per heavy atom. The summed E-state index contributed by atoms with van der Waals surface area (Å²) < 4.78 is 230. The standard InChI is InChI=1S/C17H13F17O4/c1-3-5-37-38-8(7-36-9(35)4-2)6-10(18,19)11(20,21)12(22,23)13(24,25)14(26,27)15(28,29)16(30,31)17(32,33)34/h3-4,8H,1-2,5-7H2. The largest absolute Gasteiger partial charge is 0.460 e. The van der Waals surface area contributed by atoms with Crippen LogP contribution >= 0.6 is 0 Å². The molecule has 0 aliphatic heterocycles. The first-order valence-corrected chi connectivity index (χ1v) is 9.03. The summed E-state index contributed by atoms with van der Waals surface area (Å²) in [6.07, 6.45) is -12.6. The van der Waals surface area contributed by atoms with Crippen LogP contribution in [-0.2, 0) is 19.3 Å². The van der Waals surface area contributed by atoms with Crippen LogP contribution in [-0.4, -0.2) is 72.9 Å². The first-order chi connectivity index (χ1) is 16.6. The van der Waals surface area contributed by atoms with Crippen molar-refractivity contribution in [2.24, 2.45) is 0 Å². The molecule has 0 aliphatic carbocycles. The van der Waals surface area contributed by atoms with Crippen LogP contribution in [0.2, 0.25) is 0 Å². The van der Waals surface area contributed by atoms with E-state index >= 15 is 0 Å². The van der Waals surface area contributed by atoms with E-state index in [9.17, 15) is 79.4 Å². The quantitative estimate of drug-likeness (QED) is 0.0401. The minimum Gasteiger partial charge on any atom is -0.460 e. The van der Waals surface area contributed by atoms with Gasteiger partial charge in [0.1, 0.15) is 19.3 Å². The van der Waals surface area contributed by atoms with Gasteiger partial charge in [0.25, 0.3) is 0 Å². The Hall–Kier alpha value is -2.32. The lowest BCUT2D eigenvalue weighted by Gasteiger charge is -2.43. The van der Waals surface area contributed by atoms with Crippen molar-refractivity contribution in [2.45, 2.75) is 60.2 Å². The van der Waals surface area contributed by atoms with Crippen molar-refractivity contribution in [3.63, 3.8) is 0 Å². The first-order valence-electron chi connectivity index (χ1n) is 9.03. The van der Waals surface area contributed by atoms with Gasteiger partial charge in [-0.25, -0.2) is 14.6 Å². The van der Waals surface area contributed by atoms with E-state index in [1.54, 1.807) is 0 Å². The third-order valence-corrected chi connectivity index (χ3v) is 4.24. The number of rotatable bonds is 15. The van der Waals surface area contributed by atoms with Gasteiger partial charge in [0.05, 0.1) is 6.42 Å². The molecule has 0 saturated heterocycles. The van der Waals surface area contributed by atoms with Gasteiger partial charge in [-0.05, 0) is 0 Å². The van der Waals surface area contributed by atoms with E-state index < -0.39 is 79.3 Å². The van der Waals surface area contributed by atoms with Crippen LogP contribution in [0.15, 0.2) is 25.3 Å². The Labute approximate surface area is 199 Å². The molecule has 0 aliphatic rings. The molecule has 0 radical (unpaired) electrons. The smallest absolute Gasteiger partial charge is 0.460 e. The summed E-state index contributed by atoms with van der Waals surface area (Å²) in [5.74, 6) is -58.9. The van der Waals surface area contributed by atoms with E-state index in [1.165, 1.54) is 0 Å². The van der Waals surface area contributed by atoms with Crippen LogP contribution in [0.5, 0.6) is 0 Å². The topological polar surface area (TPSA) is 44.8 Å². The Balaban J connectivity index is 6.53. The zero-order valence-electron chi connectivity index (χ0n) is 17.8. The fourth-order valence-electron chi connectivity index (χ4n) is 2.15. The molecule has 0 aromatic rings. The van der Waals surface area contributed by atoms with E-state index in [1.807, 2.05) is 0 Å². The molecule has 0 amide bonds. The Bertz CT molecular complexity index is 850. The van der Waals surface area contributed by atoms with Gasteiger partial charge in [-0.3, -0.25) is 0 Å². The van der Waals surface area contributed by atoms with Crippen molar-refractivity contribution in [2.75, 3.05) is 13.2 Å². The molecule has 0 spiro atoms. The van der Waals surface area contributed by atoms with Crippen LogP contribution in [0.4, 0.5) is 74.6 Å². The van der Waals surface area contributed by atoms with Crippen LogP contribution in [0, 0.1) is 0 Å². The molecule has 1 unspecified atom stereocenters. The predicted molar refractivity (Wildman–Crippen MR) is 87.5 cm³/mol. The second kappa shape index (κ2) is 11.0. The summed E-state index contributed by atoms with van der Waals surface area (Å²) in [5.41, 5.74) is 0. The lowest BCUT2D eigenvalue weighted by Crippen LogP contribution is -2.74. The number of hydrogen-bond acceptors (Lipinski definition) is 4. The summed E-state index contributed by atoms with van der Waals surface area (Å²) >= 11 is 0. The molecule has 38 heavy (non-hydrogen) atoms. The molecule has 0 saturated carbocycles. The Morgan fingerprint density at radius 2 is 1.05 bits per heavy atom. The SMILES string of the molecule is C=CCOOC(COC(=O)C=C)CC(F)(F)C(F)(F)C(F)(F)C(F)(F)C(F)(F)C(F)(F)C(F)(F)C(F)(F)F. The fourth-order valence-corrected chi connectivity index (χ4v) is 2.15. The van der Waals surface area contributed by atoms with Gasteiger partial charge in [-0.2, -0.15) is 74.6 Å². The molecular formula is C17H13F17O4. The Kier molecular flexibility index (Phi) is 10.4. The molecular weight excluding hydrogens is 591 g/mol. The third kappa shape index (κ3) is 5.96. The van der Waals surface area contributed by atoms with Crippen LogP contribution in [0.1, 0.15) is 6.42 Å². The van der Waals surface area contributed by atoms with Crippen LogP contribution < -0.4 is 0 Å². The molecule has 1 atom stereocenters. The molecule has 0 rings (SSSR count). The Morgan fingerprint density at radius 3 is 1.42 bits per heavy atom. The van der Waals surface area contributed by atoms with Crippen molar-refractivity contribution in [3.05, 3.63) is 25.3 Å². The highest BCUT2D eigenvalue weighted by molar-refractivity contribution is 5.81. The monoisotopic (exact) mass is 604 g/mol. The van der Waals surface area contributed by atoms with E-state index in [0.717, 1.165) is 6.08 Å². The summed E-state index contributed by atoms with van der Waals surface area (Å²) in [6.45, 7) is 3.36. The average Bonchev–Trinajstić information content (AvgIpc) is 2.75. The molecule has 0 aromatic heterocycles. The van der Waals surface area contributed by atoms with Gasteiger partial charge in [0.15, 0.2) is 0 Å². The third-order valence-electron chi connectivity index (χ3n) is 4.24. The van der Waals surface area contributed by atoms with Crippen LogP contribution in [0.25, 0.3) is 0 Å². The van der Waals surface area contributed by atoms with E-state index in [-0.39, 0.29) is 0 Å². The highest BCUT2D eigenvalue weighted by Crippen LogP contribution is 2.64. The van der Waals surface area contributed by atoms with Gasteiger partial charge < -0.3 is 4.74 Å². The predicted octanol–water partition coefficient (Wildman–Crippen LogP) is 6.62. The lowest BCUT2D eigenvalue weighted by molar-refractivity contribution is -0.463. The number of carbonyl (C=O) groups excluding carboxylic acids is 1. The van der Waals surface area contributed by atoms with Gasteiger partial charge >= 0.3 is 53.6 Å². The zero-order chi connectivity index (χ0) is 30.8. The van der Waals surface area contributed by atoms with Gasteiger partial charge in [-0.1, -0.05) is 12.7 Å². The number of carbonyl (C=O) groups is 1. The van der Waals surface area contributed by atoms with Crippen molar-refractivity contribution in [1.29, 1.82) is 0 Å². The fraction of sp³-hybridized carbons (Fsp3) is 0.706. The maximum Gasteiger partial charge on any atom is 0.460 e. The average molecular weight is 604 g/mol. The highest BCUT2D eigenvalue weighted by Gasteiger charge is 2.95. The maximum atomic E-state index is 14.1. The maximum absolute atomic E-state index is 14.1. The number of esters is 1. The summed E-state index contributed by atoms with van der Waals surface area (Å²) in [7, 11) is 0. The van der Waals surface area contributed by atoms with E-state index in [2.05, 4.69) is 27.7 Å². The van der Waals surface area contributed by atoms with Gasteiger partial charge in [0.2, 0.25) is 0 Å². The summed E-state index contributed by atoms with van der Waals surface area (Å²) in [5, 5.41) is 0. The molecule has 0 heterocycles.